The molecule has 1 aliphatic heterocycles. The number of aliphatic carboxylic acids is 1. The van der Waals surface area contributed by atoms with Gasteiger partial charge in [0.15, 0.2) is 0 Å². The second kappa shape index (κ2) is 7.39. The van der Waals surface area contributed by atoms with Crippen LogP contribution in [-0.4, -0.2) is 34.5 Å². The van der Waals surface area contributed by atoms with Crippen LogP contribution < -0.4 is 5.63 Å². The van der Waals surface area contributed by atoms with Crippen LogP contribution in [0, 0.1) is 13.8 Å². The largest absolute Gasteiger partial charge is 0.480 e. The van der Waals surface area contributed by atoms with E-state index in [0.717, 1.165) is 34.7 Å². The fourth-order valence-electron chi connectivity index (χ4n) is 4.19. The molecule has 1 fully saturated rings. The van der Waals surface area contributed by atoms with Gasteiger partial charge in [-0.1, -0.05) is 0 Å². The first-order valence-electron chi connectivity index (χ1n) is 9.83. The van der Waals surface area contributed by atoms with Gasteiger partial charge in [-0.15, -0.1) is 0 Å². The Balaban J connectivity index is 1.63. The maximum atomic E-state index is 12.7. The van der Waals surface area contributed by atoms with E-state index >= 15 is 0 Å². The Morgan fingerprint density at radius 1 is 1.17 bits per heavy atom. The smallest absolute Gasteiger partial charge is 0.339 e. The highest BCUT2D eigenvalue weighted by Crippen LogP contribution is 2.29. The second-order valence-corrected chi connectivity index (χ2v) is 7.69. The summed E-state index contributed by atoms with van der Waals surface area (Å²) in [4.78, 5) is 38.1. The number of carboxylic acids is 1. The van der Waals surface area contributed by atoms with Gasteiger partial charge >= 0.3 is 11.6 Å². The Morgan fingerprint density at radius 3 is 2.72 bits per heavy atom. The number of furan rings is 1. The van der Waals surface area contributed by atoms with Gasteiger partial charge in [-0.3, -0.25) is 4.79 Å². The van der Waals surface area contributed by atoms with Crippen molar-refractivity contribution in [2.75, 3.05) is 6.54 Å². The lowest BCUT2D eigenvalue weighted by Gasteiger charge is -2.33. The summed E-state index contributed by atoms with van der Waals surface area (Å²) in [7, 11) is 0. The number of piperidine rings is 1. The normalized spacial score (nSPS) is 17.2. The zero-order valence-corrected chi connectivity index (χ0v) is 16.5. The van der Waals surface area contributed by atoms with Crippen LogP contribution in [0.1, 0.15) is 42.4 Å². The molecule has 1 N–H and O–H groups in total. The molecule has 1 amide bonds. The predicted molar refractivity (Wildman–Crippen MR) is 107 cm³/mol. The summed E-state index contributed by atoms with van der Waals surface area (Å²) in [5, 5.41) is 11.1. The van der Waals surface area contributed by atoms with Crippen molar-refractivity contribution < 1.29 is 23.5 Å². The maximum Gasteiger partial charge on any atom is 0.339 e. The van der Waals surface area contributed by atoms with Crippen molar-refractivity contribution in [3.8, 4) is 0 Å². The van der Waals surface area contributed by atoms with Crippen molar-refractivity contribution in [1.82, 2.24) is 4.90 Å². The van der Waals surface area contributed by atoms with Gasteiger partial charge in [-0.2, -0.15) is 0 Å². The monoisotopic (exact) mass is 397 g/mol. The molecule has 152 valence electrons. The standard InChI is InChI=1S/C22H23NO6/c1-12-11-28-18-10-19-16(9-15(12)18)13(2)14(22(27)29-19)6-7-20(24)23-8-4-3-5-17(23)21(25)26/h9-11,17H,3-8H2,1-2H3,(H,25,26). The van der Waals surface area contributed by atoms with Crippen molar-refractivity contribution in [3.05, 3.63) is 45.5 Å². The van der Waals surface area contributed by atoms with Gasteiger partial charge < -0.3 is 18.8 Å². The van der Waals surface area contributed by atoms with Gasteiger partial charge in [0.1, 0.15) is 17.2 Å². The maximum absolute atomic E-state index is 12.7. The van der Waals surface area contributed by atoms with Gasteiger partial charge in [-0.25, -0.2) is 9.59 Å². The molecule has 3 heterocycles. The Labute approximate surface area is 166 Å². The van der Waals surface area contributed by atoms with Crippen LogP contribution in [0.5, 0.6) is 0 Å². The fourth-order valence-corrected chi connectivity index (χ4v) is 4.19. The molecule has 29 heavy (non-hydrogen) atoms. The first-order chi connectivity index (χ1) is 13.9. The van der Waals surface area contributed by atoms with E-state index in [-0.39, 0.29) is 18.7 Å². The van der Waals surface area contributed by atoms with Crippen molar-refractivity contribution >= 4 is 33.8 Å². The fraction of sp³-hybridized carbons (Fsp3) is 0.409. The highest BCUT2D eigenvalue weighted by atomic mass is 16.4. The quantitative estimate of drug-likeness (QED) is 0.676. The lowest BCUT2D eigenvalue weighted by atomic mass is 9.98. The molecule has 1 aliphatic rings. The molecule has 0 saturated carbocycles. The molecule has 1 saturated heterocycles. The number of carbonyl (C=O) groups is 2. The number of likely N-dealkylation sites (tertiary alicyclic amines) is 1. The van der Waals surface area contributed by atoms with E-state index in [0.29, 0.717) is 29.7 Å². The number of nitrogens with zero attached hydrogens (tertiary/aromatic N) is 1. The van der Waals surface area contributed by atoms with E-state index in [1.165, 1.54) is 4.90 Å². The van der Waals surface area contributed by atoms with E-state index in [1.807, 2.05) is 19.9 Å². The Bertz CT molecular complexity index is 1170. The number of hydrogen-bond acceptors (Lipinski definition) is 5. The molecular formula is C22H23NO6. The molecule has 4 rings (SSSR count). The highest BCUT2D eigenvalue weighted by Gasteiger charge is 2.31. The number of aryl methyl sites for hydroxylation is 2. The van der Waals surface area contributed by atoms with E-state index in [2.05, 4.69) is 0 Å². The molecule has 2 aromatic heterocycles. The van der Waals surface area contributed by atoms with Crippen LogP contribution in [0.15, 0.2) is 32.0 Å². The summed E-state index contributed by atoms with van der Waals surface area (Å²) < 4.78 is 11.0. The topological polar surface area (TPSA) is 101 Å². The summed E-state index contributed by atoms with van der Waals surface area (Å²) in [6, 6.07) is 2.88. The van der Waals surface area contributed by atoms with Crippen LogP contribution >= 0.6 is 0 Å². The van der Waals surface area contributed by atoms with Crippen LogP contribution in [0.25, 0.3) is 21.9 Å². The number of hydrogen-bond donors (Lipinski definition) is 1. The van der Waals surface area contributed by atoms with Crippen LogP contribution in [0.2, 0.25) is 0 Å². The van der Waals surface area contributed by atoms with Crippen molar-refractivity contribution in [3.63, 3.8) is 0 Å². The summed E-state index contributed by atoms with van der Waals surface area (Å²) in [6.07, 6.45) is 4.02. The third kappa shape index (κ3) is 3.41. The van der Waals surface area contributed by atoms with Gasteiger partial charge in [0.05, 0.1) is 6.26 Å². The first-order valence-corrected chi connectivity index (χ1v) is 9.83. The van der Waals surface area contributed by atoms with Crippen LogP contribution in [-0.2, 0) is 16.0 Å². The highest BCUT2D eigenvalue weighted by molar-refractivity contribution is 5.96. The zero-order valence-electron chi connectivity index (χ0n) is 16.5. The lowest BCUT2D eigenvalue weighted by Crippen LogP contribution is -2.48. The Hall–Kier alpha value is -3.09. The number of benzene rings is 1. The predicted octanol–water partition coefficient (Wildman–Crippen LogP) is 3.55. The number of carbonyl (C=O) groups excluding carboxylic acids is 1. The molecule has 7 heteroatoms. The van der Waals surface area contributed by atoms with Crippen LogP contribution in [0.4, 0.5) is 0 Å². The molecule has 1 unspecified atom stereocenters. The second-order valence-electron chi connectivity index (χ2n) is 7.69. The molecule has 0 radical (unpaired) electrons. The van der Waals surface area contributed by atoms with E-state index < -0.39 is 17.6 Å². The summed E-state index contributed by atoms with van der Waals surface area (Å²) >= 11 is 0. The number of amides is 1. The van der Waals surface area contributed by atoms with E-state index in [1.54, 1.807) is 12.3 Å². The average Bonchev–Trinajstić information content (AvgIpc) is 3.06. The molecule has 3 aromatic rings. The van der Waals surface area contributed by atoms with E-state index in [4.69, 9.17) is 8.83 Å². The lowest BCUT2D eigenvalue weighted by molar-refractivity contribution is -0.152. The van der Waals surface area contributed by atoms with E-state index in [9.17, 15) is 19.5 Å². The minimum Gasteiger partial charge on any atom is -0.480 e. The molecule has 1 aromatic carbocycles. The summed E-state index contributed by atoms with van der Waals surface area (Å²) in [6.45, 7) is 4.24. The average molecular weight is 397 g/mol. The zero-order chi connectivity index (χ0) is 20.7. The molecule has 0 aliphatic carbocycles. The molecule has 1 atom stereocenters. The SMILES string of the molecule is Cc1coc2cc3oc(=O)c(CCC(=O)N4CCCCC4C(=O)O)c(C)c3cc12. The first kappa shape index (κ1) is 19.2. The molecular weight excluding hydrogens is 374 g/mol. The third-order valence-electron chi connectivity index (χ3n) is 5.87. The van der Waals surface area contributed by atoms with Crippen molar-refractivity contribution in [1.29, 1.82) is 0 Å². The third-order valence-corrected chi connectivity index (χ3v) is 5.87. The van der Waals surface area contributed by atoms with Gasteiger partial charge in [0, 0.05) is 35.4 Å². The van der Waals surface area contributed by atoms with Crippen molar-refractivity contribution in [2.24, 2.45) is 0 Å². The minimum absolute atomic E-state index is 0.0773. The Kier molecular flexibility index (Phi) is 4.90. The Morgan fingerprint density at radius 2 is 1.97 bits per heavy atom. The summed E-state index contributed by atoms with van der Waals surface area (Å²) in [5.74, 6) is -1.21. The molecule has 0 bridgehead atoms. The van der Waals surface area contributed by atoms with Gasteiger partial charge in [0.25, 0.3) is 0 Å². The van der Waals surface area contributed by atoms with Crippen LogP contribution in [0.3, 0.4) is 0 Å². The molecule has 0 spiro atoms. The molecule has 7 nitrogen and oxygen atoms in total. The number of rotatable bonds is 4. The van der Waals surface area contributed by atoms with Gasteiger partial charge in [-0.05, 0) is 56.7 Å². The number of carboxylic acid groups (broad SMARTS) is 1. The van der Waals surface area contributed by atoms with Gasteiger partial charge in [0.2, 0.25) is 5.91 Å². The number of fused-ring (bicyclic) bond motifs is 2. The minimum atomic E-state index is -0.973. The van der Waals surface area contributed by atoms with Crippen molar-refractivity contribution in [2.45, 2.75) is 52.0 Å². The summed E-state index contributed by atoms with van der Waals surface area (Å²) in [5.41, 5.74) is 2.86.